The third-order valence-corrected chi connectivity index (χ3v) is 10.7. The molecule has 1 heterocycles. The Morgan fingerprint density at radius 3 is 1.23 bits per heavy atom. The van der Waals surface area contributed by atoms with Gasteiger partial charge in [0.1, 0.15) is 5.82 Å². The lowest BCUT2D eigenvalue weighted by molar-refractivity contribution is 0.515. The van der Waals surface area contributed by atoms with Gasteiger partial charge in [-0.2, -0.15) is 0 Å². The molecule has 1 aromatic heterocycles. The molecule has 0 radical (unpaired) electrons. The van der Waals surface area contributed by atoms with Gasteiger partial charge >= 0.3 is 0 Å². The molecular formula is C46H82N2. The molecule has 0 N–H and O–H groups in total. The molecule has 1 aromatic carbocycles. The second-order valence-electron chi connectivity index (χ2n) is 15.3. The minimum atomic E-state index is 1.10. The lowest BCUT2D eigenvalue weighted by Gasteiger charge is -2.08. The molecule has 0 aliphatic rings. The van der Waals surface area contributed by atoms with Crippen LogP contribution in [0.15, 0.2) is 36.5 Å². The van der Waals surface area contributed by atoms with E-state index >= 15 is 0 Å². The van der Waals surface area contributed by atoms with Gasteiger partial charge in [-0.25, -0.2) is 4.98 Å². The summed E-state index contributed by atoms with van der Waals surface area (Å²) in [4.78, 5) is 5.20. The predicted octanol–water partition coefficient (Wildman–Crippen LogP) is 15.3. The summed E-state index contributed by atoms with van der Waals surface area (Å²) in [6.07, 6.45) is 49.9. The Hall–Kier alpha value is -1.57. The highest BCUT2D eigenvalue weighted by atomic mass is 15.1. The number of hydrogen-bond acceptors (Lipinski definition) is 1. The van der Waals surface area contributed by atoms with Crippen LogP contribution in [0, 0.1) is 0 Å². The molecule has 0 atom stereocenters. The van der Waals surface area contributed by atoms with Gasteiger partial charge in [0.15, 0.2) is 0 Å². The van der Waals surface area contributed by atoms with Crippen molar-refractivity contribution in [1.29, 1.82) is 0 Å². The third kappa shape index (κ3) is 24.5. The minimum absolute atomic E-state index is 1.10. The highest BCUT2D eigenvalue weighted by molar-refractivity contribution is 5.15. The molecular weight excluding hydrogens is 581 g/mol. The van der Waals surface area contributed by atoms with E-state index in [4.69, 9.17) is 4.98 Å². The van der Waals surface area contributed by atoms with Crippen LogP contribution in [0.1, 0.15) is 230 Å². The van der Waals surface area contributed by atoms with Crippen molar-refractivity contribution in [3.63, 3.8) is 0 Å². The van der Waals surface area contributed by atoms with Gasteiger partial charge in [-0.3, -0.25) is 0 Å². The van der Waals surface area contributed by atoms with Crippen molar-refractivity contribution >= 4 is 0 Å². The maximum absolute atomic E-state index is 5.20. The average Bonchev–Trinajstić information content (AvgIpc) is 3.49. The van der Waals surface area contributed by atoms with Gasteiger partial charge in [-0.05, 0) is 37.7 Å². The molecule has 2 rings (SSSR count). The SMILES string of the molecule is CCCCCCCCCCCCCCCCCCCc1nc(CCCc2ccccc2)cn1CCCCCCCCCCCCCCC. The van der Waals surface area contributed by atoms with Crippen LogP contribution in [0.2, 0.25) is 0 Å². The van der Waals surface area contributed by atoms with Crippen molar-refractivity contribution in [3.05, 3.63) is 53.6 Å². The Balaban J connectivity index is 1.55. The quantitative estimate of drug-likeness (QED) is 0.0664. The number of nitrogens with zero attached hydrogens (tertiary/aromatic N) is 2. The van der Waals surface area contributed by atoms with Crippen LogP contribution >= 0.6 is 0 Å². The largest absolute Gasteiger partial charge is 0.335 e. The molecule has 0 saturated heterocycles. The van der Waals surface area contributed by atoms with Gasteiger partial charge in [0.25, 0.3) is 0 Å². The fourth-order valence-corrected chi connectivity index (χ4v) is 7.45. The summed E-state index contributed by atoms with van der Waals surface area (Å²) in [5.74, 6) is 1.37. The Kier molecular flexibility index (Phi) is 29.0. The van der Waals surface area contributed by atoms with Gasteiger partial charge in [0.2, 0.25) is 0 Å². The maximum atomic E-state index is 5.20. The summed E-state index contributed by atoms with van der Waals surface area (Å²) < 4.78 is 2.54. The summed E-state index contributed by atoms with van der Waals surface area (Å²) in [5, 5.41) is 0. The van der Waals surface area contributed by atoms with Gasteiger partial charge in [0.05, 0.1) is 5.69 Å². The molecule has 0 unspecified atom stereocenters. The fraction of sp³-hybridized carbons (Fsp3) is 0.804. The van der Waals surface area contributed by atoms with Gasteiger partial charge in [-0.1, -0.05) is 224 Å². The molecule has 276 valence electrons. The van der Waals surface area contributed by atoms with E-state index in [0.29, 0.717) is 0 Å². The Morgan fingerprint density at radius 1 is 0.396 bits per heavy atom. The summed E-state index contributed by atoms with van der Waals surface area (Å²) in [6.45, 7) is 5.78. The molecule has 0 aliphatic carbocycles. The molecule has 2 nitrogen and oxygen atoms in total. The number of unbranched alkanes of at least 4 members (excludes halogenated alkanes) is 28. The number of aryl methyl sites for hydroxylation is 4. The summed E-state index contributed by atoms with van der Waals surface area (Å²) in [6, 6.07) is 11.0. The highest BCUT2D eigenvalue weighted by Gasteiger charge is 2.09. The first kappa shape index (κ1) is 42.6. The number of hydrogen-bond donors (Lipinski definition) is 0. The minimum Gasteiger partial charge on any atom is -0.335 e. The van der Waals surface area contributed by atoms with Crippen molar-refractivity contribution < 1.29 is 0 Å². The van der Waals surface area contributed by atoms with E-state index in [2.05, 4.69) is 54.9 Å². The van der Waals surface area contributed by atoms with Crippen LogP contribution in [0.4, 0.5) is 0 Å². The van der Waals surface area contributed by atoms with E-state index in [1.807, 2.05) is 0 Å². The van der Waals surface area contributed by atoms with Crippen molar-refractivity contribution in [1.82, 2.24) is 9.55 Å². The Morgan fingerprint density at radius 2 is 0.792 bits per heavy atom. The van der Waals surface area contributed by atoms with Gasteiger partial charge in [0, 0.05) is 19.2 Å². The lowest BCUT2D eigenvalue weighted by Crippen LogP contribution is -2.03. The molecule has 0 bridgehead atoms. The molecule has 0 aliphatic heterocycles. The van der Waals surface area contributed by atoms with E-state index in [9.17, 15) is 0 Å². The fourth-order valence-electron chi connectivity index (χ4n) is 7.45. The summed E-state index contributed by atoms with van der Waals surface area (Å²) in [5.41, 5.74) is 2.77. The Bertz CT molecular complexity index is 915. The first-order valence-electron chi connectivity index (χ1n) is 21.9. The molecule has 0 fully saturated rings. The topological polar surface area (TPSA) is 17.8 Å². The van der Waals surface area contributed by atoms with Crippen LogP contribution in [-0.4, -0.2) is 9.55 Å². The zero-order valence-corrected chi connectivity index (χ0v) is 32.6. The summed E-state index contributed by atoms with van der Waals surface area (Å²) >= 11 is 0. The normalized spacial score (nSPS) is 11.5. The van der Waals surface area contributed by atoms with Crippen LogP contribution < -0.4 is 0 Å². The van der Waals surface area contributed by atoms with Gasteiger partial charge < -0.3 is 4.57 Å². The molecule has 2 heteroatoms. The van der Waals surface area contributed by atoms with Crippen molar-refractivity contribution in [2.75, 3.05) is 0 Å². The van der Waals surface area contributed by atoms with Crippen molar-refractivity contribution in [2.45, 2.75) is 239 Å². The second-order valence-corrected chi connectivity index (χ2v) is 15.3. The molecule has 0 saturated carbocycles. The second kappa shape index (κ2) is 32.6. The van der Waals surface area contributed by atoms with E-state index in [1.165, 1.54) is 216 Å². The van der Waals surface area contributed by atoms with Crippen LogP contribution in [0.25, 0.3) is 0 Å². The van der Waals surface area contributed by atoms with E-state index in [0.717, 1.165) is 25.8 Å². The molecule has 0 spiro atoms. The number of aromatic nitrogens is 2. The van der Waals surface area contributed by atoms with Crippen LogP contribution in [0.3, 0.4) is 0 Å². The number of imidazole rings is 1. The van der Waals surface area contributed by atoms with E-state index < -0.39 is 0 Å². The first-order valence-corrected chi connectivity index (χ1v) is 21.9. The number of rotatable bonds is 36. The zero-order valence-electron chi connectivity index (χ0n) is 32.6. The standard InChI is InChI=1S/C46H82N2/c1-3-5-7-9-11-13-15-17-18-19-20-21-23-25-27-29-34-41-46-47-45(40-36-39-44-37-32-31-33-38-44)43-48(46)42-35-30-28-26-24-22-16-14-12-10-8-6-4-2/h31-33,37-38,43H,3-30,34-36,39-42H2,1-2H3. The van der Waals surface area contributed by atoms with Crippen molar-refractivity contribution in [2.24, 2.45) is 0 Å². The average molecular weight is 663 g/mol. The highest BCUT2D eigenvalue weighted by Crippen LogP contribution is 2.18. The Labute approximate surface area is 301 Å². The monoisotopic (exact) mass is 663 g/mol. The smallest absolute Gasteiger partial charge is 0.108 e. The van der Waals surface area contributed by atoms with E-state index in [1.54, 1.807) is 0 Å². The van der Waals surface area contributed by atoms with Crippen LogP contribution in [-0.2, 0) is 25.8 Å². The van der Waals surface area contributed by atoms with Crippen LogP contribution in [0.5, 0.6) is 0 Å². The zero-order chi connectivity index (χ0) is 34.0. The molecule has 2 aromatic rings. The molecule has 48 heavy (non-hydrogen) atoms. The number of benzene rings is 1. The van der Waals surface area contributed by atoms with E-state index in [-0.39, 0.29) is 0 Å². The summed E-state index contributed by atoms with van der Waals surface area (Å²) in [7, 11) is 0. The van der Waals surface area contributed by atoms with Gasteiger partial charge in [-0.15, -0.1) is 0 Å². The third-order valence-electron chi connectivity index (χ3n) is 10.7. The predicted molar refractivity (Wildman–Crippen MR) is 214 cm³/mol. The maximum Gasteiger partial charge on any atom is 0.108 e. The first-order chi connectivity index (χ1) is 23.8. The molecule has 0 amide bonds. The lowest BCUT2D eigenvalue weighted by atomic mass is 10.0. The van der Waals surface area contributed by atoms with Crippen molar-refractivity contribution in [3.8, 4) is 0 Å².